The van der Waals surface area contributed by atoms with Crippen LogP contribution in [-0.2, 0) is 9.63 Å². The molecule has 4 nitrogen and oxygen atoms in total. The second kappa shape index (κ2) is 6.96. The van der Waals surface area contributed by atoms with Crippen molar-refractivity contribution in [1.82, 2.24) is 0 Å². The number of carboxylic acids is 1. The molecule has 0 aromatic heterocycles. The Morgan fingerprint density at radius 3 is 2.33 bits per heavy atom. The lowest BCUT2D eigenvalue weighted by Crippen LogP contribution is -2.05. The zero-order chi connectivity index (χ0) is 16.9. The first-order valence-electron chi connectivity index (χ1n) is 7.61. The summed E-state index contributed by atoms with van der Waals surface area (Å²) in [6, 6.07) is 22.6. The number of fused-ring (bicyclic) bond motifs is 1. The van der Waals surface area contributed by atoms with E-state index in [-0.39, 0.29) is 0 Å². The van der Waals surface area contributed by atoms with E-state index in [2.05, 4.69) is 35.5 Å². The van der Waals surface area contributed by atoms with Crippen molar-refractivity contribution in [2.24, 2.45) is 5.16 Å². The average molecular weight is 319 g/mol. The summed E-state index contributed by atoms with van der Waals surface area (Å²) >= 11 is 0. The maximum atomic E-state index is 10.4. The predicted octanol–water partition coefficient (Wildman–Crippen LogP) is 4.33. The number of rotatable bonds is 5. The number of hydrogen-bond donors (Lipinski definition) is 1. The van der Waals surface area contributed by atoms with Crippen molar-refractivity contribution in [3.05, 3.63) is 72.3 Å². The van der Waals surface area contributed by atoms with Gasteiger partial charge >= 0.3 is 5.97 Å². The highest BCUT2D eigenvalue weighted by atomic mass is 16.6. The van der Waals surface area contributed by atoms with E-state index < -0.39 is 12.6 Å². The van der Waals surface area contributed by atoms with Gasteiger partial charge in [0.2, 0.25) is 6.61 Å². The number of benzene rings is 3. The molecule has 3 rings (SSSR count). The molecule has 0 saturated carbocycles. The summed E-state index contributed by atoms with van der Waals surface area (Å²) in [6.45, 7) is 1.35. The van der Waals surface area contributed by atoms with Crippen LogP contribution in [0.3, 0.4) is 0 Å². The van der Waals surface area contributed by atoms with Crippen LogP contribution in [0.2, 0.25) is 0 Å². The summed E-state index contributed by atoms with van der Waals surface area (Å²) in [4.78, 5) is 15.2. The third kappa shape index (κ3) is 3.60. The highest BCUT2D eigenvalue weighted by Gasteiger charge is 2.03. The first kappa shape index (κ1) is 15.7. The second-order valence-electron chi connectivity index (χ2n) is 5.48. The van der Waals surface area contributed by atoms with Gasteiger partial charge in [-0.1, -0.05) is 65.8 Å². The van der Waals surface area contributed by atoms with E-state index in [4.69, 9.17) is 9.94 Å². The predicted molar refractivity (Wildman–Crippen MR) is 95.2 cm³/mol. The van der Waals surface area contributed by atoms with E-state index >= 15 is 0 Å². The molecule has 0 aliphatic heterocycles. The minimum Gasteiger partial charge on any atom is -0.479 e. The molecule has 0 fully saturated rings. The van der Waals surface area contributed by atoms with Crippen LogP contribution in [0.25, 0.3) is 21.9 Å². The highest BCUT2D eigenvalue weighted by molar-refractivity contribution is 5.98. The average Bonchev–Trinajstić information content (AvgIpc) is 2.61. The molecule has 4 heteroatoms. The summed E-state index contributed by atoms with van der Waals surface area (Å²) in [5.41, 5.74) is 3.80. The van der Waals surface area contributed by atoms with E-state index in [9.17, 15) is 4.79 Å². The number of nitrogens with zero attached hydrogens (tertiary/aromatic N) is 1. The lowest BCUT2D eigenvalue weighted by Gasteiger charge is -2.06. The molecular weight excluding hydrogens is 302 g/mol. The van der Waals surface area contributed by atoms with Gasteiger partial charge in [-0.2, -0.15) is 0 Å². The van der Waals surface area contributed by atoms with Crippen molar-refractivity contribution in [2.75, 3.05) is 6.61 Å². The highest BCUT2D eigenvalue weighted by Crippen LogP contribution is 2.24. The second-order valence-corrected chi connectivity index (χ2v) is 5.48. The molecule has 1 N–H and O–H groups in total. The molecule has 0 saturated heterocycles. The van der Waals surface area contributed by atoms with E-state index in [1.165, 1.54) is 10.8 Å². The molecule has 0 unspecified atom stereocenters. The molecule has 0 amide bonds. The number of carbonyl (C=O) groups is 1. The Morgan fingerprint density at radius 2 is 1.62 bits per heavy atom. The third-order valence-electron chi connectivity index (χ3n) is 3.77. The minimum atomic E-state index is -1.04. The fourth-order valence-electron chi connectivity index (χ4n) is 2.51. The fourth-order valence-corrected chi connectivity index (χ4v) is 2.51. The molecule has 0 atom stereocenters. The standard InChI is InChI=1S/C20H17NO3/c1-14(21-24-13-20(22)23)15-6-8-17(9-7-15)19-11-10-16-4-2-3-5-18(16)12-19/h2-12H,13H2,1H3,(H,22,23)/b21-14+. The Balaban J connectivity index is 1.81. The quantitative estimate of drug-likeness (QED) is 0.562. The van der Waals surface area contributed by atoms with Crippen LogP contribution >= 0.6 is 0 Å². The lowest BCUT2D eigenvalue weighted by molar-refractivity contribution is -0.142. The maximum absolute atomic E-state index is 10.4. The molecule has 0 spiro atoms. The molecule has 24 heavy (non-hydrogen) atoms. The summed E-state index contributed by atoms with van der Waals surface area (Å²) in [5.74, 6) is -1.04. The molecule has 0 bridgehead atoms. The first-order chi connectivity index (χ1) is 11.6. The van der Waals surface area contributed by atoms with Gasteiger partial charge in [-0.15, -0.1) is 0 Å². The van der Waals surface area contributed by atoms with Gasteiger partial charge < -0.3 is 9.94 Å². The maximum Gasteiger partial charge on any atom is 0.344 e. The summed E-state index contributed by atoms with van der Waals surface area (Å²) < 4.78 is 0. The molecule has 0 aliphatic carbocycles. The first-order valence-corrected chi connectivity index (χ1v) is 7.61. The number of oxime groups is 1. The van der Waals surface area contributed by atoms with Crippen molar-refractivity contribution in [3.8, 4) is 11.1 Å². The molecule has 120 valence electrons. The fraction of sp³-hybridized carbons (Fsp3) is 0.100. The minimum absolute atomic E-state index is 0.438. The van der Waals surface area contributed by atoms with Gasteiger partial charge in [0.15, 0.2) is 0 Å². The van der Waals surface area contributed by atoms with Gasteiger partial charge in [-0.3, -0.25) is 0 Å². The Kier molecular flexibility index (Phi) is 4.57. The van der Waals surface area contributed by atoms with Crippen molar-refractivity contribution in [3.63, 3.8) is 0 Å². The van der Waals surface area contributed by atoms with Crippen LogP contribution in [0.5, 0.6) is 0 Å². The van der Waals surface area contributed by atoms with E-state index in [1.54, 1.807) is 6.92 Å². The normalized spacial score (nSPS) is 11.5. The van der Waals surface area contributed by atoms with Gasteiger partial charge in [-0.05, 0) is 40.5 Å². The van der Waals surface area contributed by atoms with Crippen molar-refractivity contribution < 1.29 is 14.7 Å². The molecule has 0 aliphatic rings. The SMILES string of the molecule is C/C(=N\OCC(=O)O)c1ccc(-c2ccc3ccccc3c2)cc1. The monoisotopic (exact) mass is 319 g/mol. The summed E-state index contributed by atoms with van der Waals surface area (Å²) in [6.07, 6.45) is 0. The molecule has 3 aromatic carbocycles. The van der Waals surface area contributed by atoms with Crippen LogP contribution in [0, 0.1) is 0 Å². The zero-order valence-corrected chi connectivity index (χ0v) is 13.3. The number of hydrogen-bond acceptors (Lipinski definition) is 3. The largest absolute Gasteiger partial charge is 0.479 e. The van der Waals surface area contributed by atoms with E-state index in [0.717, 1.165) is 16.7 Å². The lowest BCUT2D eigenvalue weighted by atomic mass is 9.99. The van der Waals surface area contributed by atoms with E-state index in [1.807, 2.05) is 36.4 Å². The van der Waals surface area contributed by atoms with Crippen molar-refractivity contribution in [2.45, 2.75) is 6.92 Å². The third-order valence-corrected chi connectivity index (χ3v) is 3.77. The molecule has 0 radical (unpaired) electrons. The van der Waals surface area contributed by atoms with Gasteiger partial charge in [0.05, 0.1) is 5.71 Å². The summed E-state index contributed by atoms with van der Waals surface area (Å²) in [5, 5.41) is 14.8. The van der Waals surface area contributed by atoms with Gasteiger partial charge in [0.1, 0.15) is 0 Å². The number of carboxylic acid groups (broad SMARTS) is 1. The van der Waals surface area contributed by atoms with Gasteiger partial charge in [0, 0.05) is 0 Å². The van der Waals surface area contributed by atoms with Crippen molar-refractivity contribution >= 4 is 22.5 Å². The van der Waals surface area contributed by atoms with Gasteiger partial charge in [-0.25, -0.2) is 4.79 Å². The van der Waals surface area contributed by atoms with Crippen molar-refractivity contribution in [1.29, 1.82) is 0 Å². The van der Waals surface area contributed by atoms with Crippen LogP contribution in [0.1, 0.15) is 12.5 Å². The Labute approximate surface area is 140 Å². The van der Waals surface area contributed by atoms with E-state index in [0.29, 0.717) is 5.71 Å². The Morgan fingerprint density at radius 1 is 0.958 bits per heavy atom. The van der Waals surface area contributed by atoms with Crippen LogP contribution < -0.4 is 0 Å². The van der Waals surface area contributed by atoms with Crippen LogP contribution in [0.4, 0.5) is 0 Å². The number of aliphatic carboxylic acids is 1. The Hall–Kier alpha value is -3.14. The molecular formula is C20H17NO3. The zero-order valence-electron chi connectivity index (χ0n) is 13.3. The Bertz CT molecular complexity index is 898. The van der Waals surface area contributed by atoms with Gasteiger partial charge in [0.25, 0.3) is 0 Å². The summed E-state index contributed by atoms with van der Waals surface area (Å²) in [7, 11) is 0. The smallest absolute Gasteiger partial charge is 0.344 e. The molecule has 3 aromatic rings. The molecule has 0 heterocycles. The van der Waals surface area contributed by atoms with Crippen LogP contribution in [0.15, 0.2) is 71.9 Å². The topological polar surface area (TPSA) is 58.9 Å². The van der Waals surface area contributed by atoms with Crippen LogP contribution in [-0.4, -0.2) is 23.4 Å².